The molecule has 102 valence electrons. The molecule has 1 aromatic rings. The molecule has 18 heavy (non-hydrogen) atoms. The minimum Gasteiger partial charge on any atom is -0.330 e. The van der Waals surface area contributed by atoms with Crippen molar-refractivity contribution in [1.29, 1.82) is 0 Å². The fourth-order valence-electron chi connectivity index (χ4n) is 2.77. The summed E-state index contributed by atoms with van der Waals surface area (Å²) in [6.07, 6.45) is 8.45. The Kier molecular flexibility index (Phi) is 4.41. The largest absolute Gasteiger partial charge is 0.330 e. The second kappa shape index (κ2) is 5.68. The van der Waals surface area contributed by atoms with Gasteiger partial charge in [-0.2, -0.15) is 0 Å². The standard InChI is InChI=1S/C14H25N3S/c1-13(2,12-16-8-9-18-12)17-11-14(10-15)6-4-3-5-7-14/h8-9,17H,3-7,10-11,15H2,1-2H3. The number of aromatic nitrogens is 1. The first-order valence-corrected chi connectivity index (χ1v) is 7.81. The van der Waals surface area contributed by atoms with Crippen molar-refractivity contribution in [1.82, 2.24) is 10.3 Å². The van der Waals surface area contributed by atoms with Crippen molar-refractivity contribution in [2.24, 2.45) is 11.1 Å². The van der Waals surface area contributed by atoms with Gasteiger partial charge in [-0.1, -0.05) is 19.3 Å². The van der Waals surface area contributed by atoms with Gasteiger partial charge < -0.3 is 11.1 Å². The molecular formula is C14H25N3S. The molecule has 1 fully saturated rings. The number of nitrogens with two attached hydrogens (primary N) is 1. The van der Waals surface area contributed by atoms with Gasteiger partial charge in [-0.15, -0.1) is 11.3 Å². The molecule has 3 nitrogen and oxygen atoms in total. The van der Waals surface area contributed by atoms with Gasteiger partial charge in [-0.25, -0.2) is 4.98 Å². The Morgan fingerprint density at radius 2 is 2.11 bits per heavy atom. The van der Waals surface area contributed by atoms with Crippen LogP contribution in [0, 0.1) is 5.41 Å². The maximum atomic E-state index is 6.03. The molecule has 0 aliphatic heterocycles. The summed E-state index contributed by atoms with van der Waals surface area (Å²) in [5.41, 5.74) is 6.30. The van der Waals surface area contributed by atoms with Crippen molar-refractivity contribution in [3.63, 3.8) is 0 Å². The molecule has 0 saturated heterocycles. The van der Waals surface area contributed by atoms with Crippen LogP contribution in [0.3, 0.4) is 0 Å². The molecule has 4 heteroatoms. The predicted molar refractivity (Wildman–Crippen MR) is 77.7 cm³/mol. The number of nitrogens with one attached hydrogen (secondary N) is 1. The van der Waals surface area contributed by atoms with E-state index in [9.17, 15) is 0 Å². The van der Waals surface area contributed by atoms with E-state index < -0.39 is 0 Å². The maximum absolute atomic E-state index is 6.03. The van der Waals surface area contributed by atoms with Gasteiger partial charge in [0.05, 0.1) is 5.54 Å². The van der Waals surface area contributed by atoms with Gasteiger partial charge in [0.2, 0.25) is 0 Å². The highest BCUT2D eigenvalue weighted by Gasteiger charge is 2.33. The molecule has 3 N–H and O–H groups in total. The van der Waals surface area contributed by atoms with Crippen LogP contribution in [0.4, 0.5) is 0 Å². The third-order valence-electron chi connectivity index (χ3n) is 4.22. The van der Waals surface area contributed by atoms with Crippen molar-refractivity contribution in [2.45, 2.75) is 51.5 Å². The van der Waals surface area contributed by atoms with E-state index >= 15 is 0 Å². The minimum atomic E-state index is -0.0478. The summed E-state index contributed by atoms with van der Waals surface area (Å²) in [4.78, 5) is 4.42. The Hall–Kier alpha value is -0.450. The SMILES string of the molecule is CC(C)(NCC1(CN)CCCCC1)c1nccs1. The first kappa shape index (κ1) is 14.0. The summed E-state index contributed by atoms with van der Waals surface area (Å²) in [5.74, 6) is 0. The summed E-state index contributed by atoms with van der Waals surface area (Å²) < 4.78 is 0. The van der Waals surface area contributed by atoms with Gasteiger partial charge in [0.25, 0.3) is 0 Å². The molecule has 0 aromatic carbocycles. The van der Waals surface area contributed by atoms with Gasteiger partial charge in [-0.3, -0.25) is 0 Å². The number of rotatable bonds is 5. The van der Waals surface area contributed by atoms with Crippen LogP contribution in [0.5, 0.6) is 0 Å². The third kappa shape index (κ3) is 3.11. The average Bonchev–Trinajstić information content (AvgIpc) is 2.92. The van der Waals surface area contributed by atoms with E-state index in [1.807, 2.05) is 11.6 Å². The van der Waals surface area contributed by atoms with Crippen molar-refractivity contribution in [3.05, 3.63) is 16.6 Å². The molecule has 0 atom stereocenters. The highest BCUT2D eigenvalue weighted by Crippen LogP contribution is 2.35. The minimum absolute atomic E-state index is 0.0478. The fourth-order valence-corrected chi connectivity index (χ4v) is 3.51. The van der Waals surface area contributed by atoms with Crippen LogP contribution in [0.15, 0.2) is 11.6 Å². The molecule has 1 aliphatic carbocycles. The lowest BCUT2D eigenvalue weighted by atomic mass is 9.73. The summed E-state index contributed by atoms with van der Waals surface area (Å²) in [5, 5.41) is 6.89. The van der Waals surface area contributed by atoms with Gasteiger partial charge in [0.1, 0.15) is 5.01 Å². The van der Waals surface area contributed by atoms with Gasteiger partial charge >= 0.3 is 0 Å². The second-order valence-electron chi connectivity index (χ2n) is 6.08. The van der Waals surface area contributed by atoms with Crippen LogP contribution in [-0.2, 0) is 5.54 Å². The Morgan fingerprint density at radius 3 is 2.67 bits per heavy atom. The molecule has 0 bridgehead atoms. The summed E-state index contributed by atoms with van der Waals surface area (Å²) in [6, 6.07) is 0. The first-order valence-electron chi connectivity index (χ1n) is 6.93. The monoisotopic (exact) mass is 267 g/mol. The van der Waals surface area contributed by atoms with Gasteiger partial charge in [-0.05, 0) is 38.6 Å². The van der Waals surface area contributed by atoms with Crippen LogP contribution in [-0.4, -0.2) is 18.1 Å². The summed E-state index contributed by atoms with van der Waals surface area (Å²) >= 11 is 1.72. The zero-order chi connectivity index (χ0) is 13.1. The lowest BCUT2D eigenvalue weighted by Gasteiger charge is -2.39. The molecule has 0 amide bonds. The zero-order valence-electron chi connectivity index (χ0n) is 11.5. The van der Waals surface area contributed by atoms with Crippen LogP contribution in [0.1, 0.15) is 51.0 Å². The van der Waals surface area contributed by atoms with E-state index in [0.717, 1.165) is 18.1 Å². The van der Waals surface area contributed by atoms with E-state index in [1.54, 1.807) is 11.3 Å². The quantitative estimate of drug-likeness (QED) is 0.862. The van der Waals surface area contributed by atoms with Crippen molar-refractivity contribution >= 4 is 11.3 Å². The van der Waals surface area contributed by atoms with Crippen LogP contribution in [0.2, 0.25) is 0 Å². The van der Waals surface area contributed by atoms with E-state index in [0.29, 0.717) is 5.41 Å². The predicted octanol–water partition coefficient (Wildman–Crippen LogP) is 2.88. The van der Waals surface area contributed by atoms with E-state index in [-0.39, 0.29) is 5.54 Å². The van der Waals surface area contributed by atoms with Crippen LogP contribution >= 0.6 is 11.3 Å². The van der Waals surface area contributed by atoms with Crippen molar-refractivity contribution in [3.8, 4) is 0 Å². The molecule has 1 heterocycles. The molecule has 1 saturated carbocycles. The van der Waals surface area contributed by atoms with Crippen molar-refractivity contribution in [2.75, 3.05) is 13.1 Å². The topological polar surface area (TPSA) is 50.9 Å². The molecule has 1 aliphatic rings. The third-order valence-corrected chi connectivity index (χ3v) is 5.32. The van der Waals surface area contributed by atoms with Crippen molar-refractivity contribution < 1.29 is 0 Å². The lowest BCUT2D eigenvalue weighted by molar-refractivity contribution is 0.172. The lowest BCUT2D eigenvalue weighted by Crippen LogP contribution is -2.47. The van der Waals surface area contributed by atoms with E-state index in [4.69, 9.17) is 5.73 Å². The smallest absolute Gasteiger partial charge is 0.112 e. The van der Waals surface area contributed by atoms with Crippen LogP contribution in [0.25, 0.3) is 0 Å². The molecule has 0 unspecified atom stereocenters. The van der Waals surface area contributed by atoms with E-state index in [1.165, 1.54) is 32.1 Å². The molecule has 0 radical (unpaired) electrons. The number of nitrogens with zero attached hydrogens (tertiary/aromatic N) is 1. The second-order valence-corrected chi connectivity index (χ2v) is 6.98. The highest BCUT2D eigenvalue weighted by molar-refractivity contribution is 7.09. The number of hydrogen-bond donors (Lipinski definition) is 2. The van der Waals surface area contributed by atoms with Crippen LogP contribution < -0.4 is 11.1 Å². The number of thiazole rings is 1. The summed E-state index contributed by atoms with van der Waals surface area (Å²) in [7, 11) is 0. The summed E-state index contributed by atoms with van der Waals surface area (Å²) in [6.45, 7) is 6.22. The molecule has 2 rings (SSSR count). The normalized spacial score (nSPS) is 19.9. The Morgan fingerprint density at radius 1 is 1.39 bits per heavy atom. The Bertz CT molecular complexity index is 353. The van der Waals surface area contributed by atoms with Gasteiger partial charge in [0, 0.05) is 18.1 Å². The Labute approximate surface area is 114 Å². The molecule has 1 aromatic heterocycles. The molecule has 0 spiro atoms. The van der Waals surface area contributed by atoms with E-state index in [2.05, 4.69) is 24.1 Å². The highest BCUT2D eigenvalue weighted by atomic mass is 32.1. The fraction of sp³-hybridized carbons (Fsp3) is 0.786. The average molecular weight is 267 g/mol. The molecular weight excluding hydrogens is 242 g/mol. The number of hydrogen-bond acceptors (Lipinski definition) is 4. The zero-order valence-corrected chi connectivity index (χ0v) is 12.4. The van der Waals surface area contributed by atoms with Gasteiger partial charge in [0.15, 0.2) is 0 Å². The first-order chi connectivity index (χ1) is 8.58. The Balaban J connectivity index is 1.97. The maximum Gasteiger partial charge on any atom is 0.112 e.